The van der Waals surface area contributed by atoms with Gasteiger partial charge in [0.2, 0.25) is 0 Å². The van der Waals surface area contributed by atoms with E-state index in [2.05, 4.69) is 28.2 Å². The standard InChI is InChI=1S/C24H23N3O/c1-16-7-8-18(15-25-16)17-11-12-27(24(28)13-17)19-9-10-21-20-5-3-2-4-6-22(20)26-23(21)14-19/h7-15,26H,2-6H2,1H3. The molecule has 0 spiro atoms. The Kier molecular flexibility index (Phi) is 4.12. The molecular formula is C24H23N3O. The van der Waals surface area contributed by atoms with E-state index in [0.29, 0.717) is 0 Å². The smallest absolute Gasteiger partial charge is 0.255 e. The molecule has 4 heteroatoms. The van der Waals surface area contributed by atoms with Crippen LogP contribution in [0.1, 0.15) is 36.2 Å². The van der Waals surface area contributed by atoms with Gasteiger partial charge in [0.25, 0.3) is 5.56 Å². The normalized spacial score (nSPS) is 14.0. The third-order valence-electron chi connectivity index (χ3n) is 5.77. The van der Waals surface area contributed by atoms with Crippen molar-refractivity contribution in [1.29, 1.82) is 0 Å². The number of nitrogens with one attached hydrogen (secondary N) is 1. The Bertz CT molecular complexity index is 1220. The minimum absolute atomic E-state index is 0.0365. The number of fused-ring (bicyclic) bond motifs is 3. The van der Waals surface area contributed by atoms with Crippen molar-refractivity contribution < 1.29 is 0 Å². The van der Waals surface area contributed by atoms with Crippen LogP contribution in [0, 0.1) is 6.92 Å². The summed E-state index contributed by atoms with van der Waals surface area (Å²) in [6.07, 6.45) is 9.75. The van der Waals surface area contributed by atoms with E-state index in [9.17, 15) is 4.79 Å². The van der Waals surface area contributed by atoms with Crippen molar-refractivity contribution in [3.8, 4) is 16.8 Å². The van der Waals surface area contributed by atoms with Crippen LogP contribution in [0.4, 0.5) is 0 Å². The van der Waals surface area contributed by atoms with Crippen LogP contribution < -0.4 is 5.56 Å². The number of pyridine rings is 2. The van der Waals surface area contributed by atoms with E-state index in [1.54, 1.807) is 10.6 Å². The zero-order chi connectivity index (χ0) is 19.1. The van der Waals surface area contributed by atoms with Gasteiger partial charge < -0.3 is 4.98 Å². The van der Waals surface area contributed by atoms with Gasteiger partial charge in [0.05, 0.1) is 5.69 Å². The number of hydrogen-bond donors (Lipinski definition) is 1. The van der Waals surface area contributed by atoms with Crippen molar-refractivity contribution in [3.05, 3.63) is 82.2 Å². The molecule has 1 aliphatic carbocycles. The zero-order valence-corrected chi connectivity index (χ0v) is 16.0. The van der Waals surface area contributed by atoms with Crippen molar-refractivity contribution in [2.24, 2.45) is 0 Å². The van der Waals surface area contributed by atoms with Crippen molar-refractivity contribution in [2.45, 2.75) is 39.0 Å². The van der Waals surface area contributed by atoms with Gasteiger partial charge in [0, 0.05) is 46.3 Å². The molecule has 3 aromatic heterocycles. The molecule has 28 heavy (non-hydrogen) atoms. The van der Waals surface area contributed by atoms with Crippen LogP contribution in [0.25, 0.3) is 27.7 Å². The van der Waals surface area contributed by atoms with Gasteiger partial charge in [-0.2, -0.15) is 0 Å². The number of aryl methyl sites for hydroxylation is 3. The molecule has 1 aromatic carbocycles. The van der Waals surface area contributed by atoms with E-state index in [0.717, 1.165) is 40.9 Å². The minimum Gasteiger partial charge on any atom is -0.358 e. The Balaban J connectivity index is 1.54. The summed E-state index contributed by atoms with van der Waals surface area (Å²) in [6.45, 7) is 1.96. The van der Waals surface area contributed by atoms with E-state index in [1.807, 2.05) is 37.5 Å². The summed E-state index contributed by atoms with van der Waals surface area (Å²) in [6, 6.07) is 13.9. The average molecular weight is 369 g/mol. The van der Waals surface area contributed by atoms with Gasteiger partial charge in [0.15, 0.2) is 0 Å². The SMILES string of the molecule is Cc1ccc(-c2ccn(-c3ccc4c5c([nH]c4c3)CCCCC5)c(=O)c2)cn1. The molecule has 0 atom stereocenters. The maximum Gasteiger partial charge on any atom is 0.255 e. The van der Waals surface area contributed by atoms with Crippen molar-refractivity contribution in [2.75, 3.05) is 0 Å². The lowest BCUT2D eigenvalue weighted by molar-refractivity contribution is 0.708. The molecule has 1 aliphatic rings. The molecule has 1 N–H and O–H groups in total. The molecular weight excluding hydrogens is 346 g/mol. The molecule has 140 valence electrons. The quantitative estimate of drug-likeness (QED) is 0.508. The minimum atomic E-state index is -0.0365. The van der Waals surface area contributed by atoms with E-state index in [4.69, 9.17) is 0 Å². The molecule has 5 rings (SSSR count). The zero-order valence-electron chi connectivity index (χ0n) is 16.0. The highest BCUT2D eigenvalue weighted by Gasteiger charge is 2.15. The summed E-state index contributed by atoms with van der Waals surface area (Å²) in [7, 11) is 0. The number of hydrogen-bond acceptors (Lipinski definition) is 2. The van der Waals surface area contributed by atoms with Crippen LogP contribution in [0.15, 0.2) is 59.7 Å². The lowest BCUT2D eigenvalue weighted by Crippen LogP contribution is -2.16. The number of rotatable bonds is 2. The number of H-pyrrole nitrogens is 1. The van der Waals surface area contributed by atoms with Gasteiger partial charge in [0.1, 0.15) is 0 Å². The van der Waals surface area contributed by atoms with Crippen molar-refractivity contribution >= 4 is 10.9 Å². The summed E-state index contributed by atoms with van der Waals surface area (Å²) in [5, 5.41) is 1.30. The van der Waals surface area contributed by atoms with Crippen LogP contribution in [-0.2, 0) is 12.8 Å². The molecule has 0 aliphatic heterocycles. The molecule has 0 radical (unpaired) electrons. The van der Waals surface area contributed by atoms with Gasteiger partial charge in [-0.05, 0) is 68.0 Å². The van der Waals surface area contributed by atoms with Crippen LogP contribution in [0.5, 0.6) is 0 Å². The monoisotopic (exact) mass is 369 g/mol. The van der Waals surface area contributed by atoms with Crippen LogP contribution in [0.2, 0.25) is 0 Å². The summed E-state index contributed by atoms with van der Waals surface area (Å²) in [5.41, 5.74) is 7.64. The van der Waals surface area contributed by atoms with Gasteiger partial charge in [-0.15, -0.1) is 0 Å². The molecule has 4 nitrogen and oxygen atoms in total. The molecule has 0 amide bonds. The Morgan fingerprint density at radius 1 is 0.964 bits per heavy atom. The number of benzene rings is 1. The number of aromatic nitrogens is 3. The van der Waals surface area contributed by atoms with E-state index in [-0.39, 0.29) is 5.56 Å². The van der Waals surface area contributed by atoms with Crippen molar-refractivity contribution in [1.82, 2.24) is 14.5 Å². The Hall–Kier alpha value is -3.14. The van der Waals surface area contributed by atoms with E-state index < -0.39 is 0 Å². The molecule has 0 fully saturated rings. The van der Waals surface area contributed by atoms with E-state index in [1.165, 1.54) is 35.9 Å². The van der Waals surface area contributed by atoms with Crippen LogP contribution in [0.3, 0.4) is 0 Å². The highest BCUT2D eigenvalue weighted by atomic mass is 16.1. The predicted molar refractivity (Wildman–Crippen MR) is 113 cm³/mol. The number of aromatic amines is 1. The first kappa shape index (κ1) is 17.0. The fourth-order valence-corrected chi connectivity index (χ4v) is 4.24. The lowest BCUT2D eigenvalue weighted by Gasteiger charge is -2.08. The summed E-state index contributed by atoms with van der Waals surface area (Å²) < 4.78 is 1.70. The molecule has 3 heterocycles. The summed E-state index contributed by atoms with van der Waals surface area (Å²) >= 11 is 0. The second-order valence-electron chi connectivity index (χ2n) is 7.68. The fraction of sp³-hybridized carbons (Fsp3) is 0.250. The Morgan fingerprint density at radius 3 is 2.68 bits per heavy atom. The predicted octanol–water partition coefficient (Wildman–Crippen LogP) is 4.96. The van der Waals surface area contributed by atoms with Crippen LogP contribution >= 0.6 is 0 Å². The second kappa shape index (κ2) is 6.79. The molecule has 0 bridgehead atoms. The maximum atomic E-state index is 12.8. The first-order valence-corrected chi connectivity index (χ1v) is 9.99. The molecule has 0 unspecified atom stereocenters. The number of nitrogens with zero attached hydrogens (tertiary/aromatic N) is 2. The van der Waals surface area contributed by atoms with E-state index >= 15 is 0 Å². The first-order valence-electron chi connectivity index (χ1n) is 9.99. The largest absolute Gasteiger partial charge is 0.358 e. The Morgan fingerprint density at radius 2 is 1.86 bits per heavy atom. The fourth-order valence-electron chi connectivity index (χ4n) is 4.24. The molecule has 4 aromatic rings. The second-order valence-corrected chi connectivity index (χ2v) is 7.68. The summed E-state index contributed by atoms with van der Waals surface area (Å²) in [5.74, 6) is 0. The topological polar surface area (TPSA) is 50.7 Å². The highest BCUT2D eigenvalue weighted by Crippen LogP contribution is 2.29. The lowest BCUT2D eigenvalue weighted by atomic mass is 10.1. The molecule has 0 saturated carbocycles. The van der Waals surface area contributed by atoms with Gasteiger partial charge in [-0.3, -0.25) is 14.3 Å². The van der Waals surface area contributed by atoms with Crippen LogP contribution in [-0.4, -0.2) is 14.5 Å². The maximum absolute atomic E-state index is 12.8. The first-order chi connectivity index (χ1) is 13.7. The summed E-state index contributed by atoms with van der Waals surface area (Å²) in [4.78, 5) is 20.7. The van der Waals surface area contributed by atoms with Gasteiger partial charge >= 0.3 is 0 Å². The highest BCUT2D eigenvalue weighted by molar-refractivity contribution is 5.86. The molecule has 0 saturated heterocycles. The van der Waals surface area contributed by atoms with Gasteiger partial charge in [-0.25, -0.2) is 0 Å². The Labute approximate surface area is 163 Å². The third kappa shape index (κ3) is 2.95. The van der Waals surface area contributed by atoms with Crippen molar-refractivity contribution in [3.63, 3.8) is 0 Å². The average Bonchev–Trinajstić information content (AvgIpc) is 2.88. The third-order valence-corrected chi connectivity index (χ3v) is 5.77. The van der Waals surface area contributed by atoms with Gasteiger partial charge in [-0.1, -0.05) is 18.6 Å².